The lowest BCUT2D eigenvalue weighted by molar-refractivity contribution is 0.176. The summed E-state index contributed by atoms with van der Waals surface area (Å²) < 4.78 is 22.8. The Morgan fingerprint density at radius 3 is 2.22 bits per heavy atom. The van der Waals surface area contributed by atoms with Crippen LogP contribution in [0.15, 0.2) is 24.3 Å². The number of hydrogen-bond donors (Lipinski definition) is 1. The average molecular weight is 270 g/mol. The summed E-state index contributed by atoms with van der Waals surface area (Å²) in [6.45, 7) is 3.68. The Morgan fingerprint density at radius 1 is 1.22 bits per heavy atom. The standard InChI is InChI=1S/C14H22O3S/c1-4-5-6-12-7-9-13(10-8-12)14(15)11(2)18(3,16)17/h7-11,14-15H,4-6H2,1-3H3. The molecule has 1 aromatic rings. The van der Waals surface area contributed by atoms with Gasteiger partial charge in [0.15, 0.2) is 9.84 Å². The van der Waals surface area contributed by atoms with Gasteiger partial charge in [-0.25, -0.2) is 8.42 Å². The Labute approximate surface area is 110 Å². The van der Waals surface area contributed by atoms with E-state index in [1.807, 2.05) is 24.3 Å². The molecule has 0 fully saturated rings. The van der Waals surface area contributed by atoms with Gasteiger partial charge in [-0.15, -0.1) is 0 Å². The van der Waals surface area contributed by atoms with E-state index in [9.17, 15) is 13.5 Å². The van der Waals surface area contributed by atoms with Crippen molar-refractivity contribution in [2.45, 2.75) is 44.5 Å². The zero-order valence-corrected chi connectivity index (χ0v) is 12.1. The lowest BCUT2D eigenvalue weighted by Crippen LogP contribution is -2.24. The molecule has 0 aromatic heterocycles. The molecule has 0 aliphatic rings. The molecule has 2 unspecified atom stereocenters. The van der Waals surface area contributed by atoms with Crippen molar-refractivity contribution in [2.75, 3.05) is 6.26 Å². The first-order chi connectivity index (χ1) is 8.36. The van der Waals surface area contributed by atoms with Crippen LogP contribution in [0, 0.1) is 0 Å². The van der Waals surface area contributed by atoms with E-state index in [1.165, 1.54) is 12.5 Å². The molecule has 1 aromatic carbocycles. The molecule has 0 saturated carbocycles. The van der Waals surface area contributed by atoms with Gasteiger partial charge in [-0.3, -0.25) is 0 Å². The molecule has 2 atom stereocenters. The van der Waals surface area contributed by atoms with Crippen LogP contribution in [0.25, 0.3) is 0 Å². The topological polar surface area (TPSA) is 54.4 Å². The third-order valence-corrected chi connectivity index (χ3v) is 4.87. The molecule has 0 amide bonds. The molecule has 0 saturated heterocycles. The van der Waals surface area contributed by atoms with Crippen LogP contribution in [0.3, 0.4) is 0 Å². The number of aliphatic hydroxyl groups excluding tert-OH is 1. The van der Waals surface area contributed by atoms with Gasteiger partial charge < -0.3 is 5.11 Å². The maximum atomic E-state index is 11.4. The quantitative estimate of drug-likeness (QED) is 0.864. The van der Waals surface area contributed by atoms with Gasteiger partial charge >= 0.3 is 0 Å². The summed E-state index contributed by atoms with van der Waals surface area (Å²) >= 11 is 0. The van der Waals surface area contributed by atoms with E-state index in [-0.39, 0.29) is 0 Å². The number of unbranched alkanes of at least 4 members (excludes halogenated alkanes) is 1. The van der Waals surface area contributed by atoms with Crippen LogP contribution in [0.2, 0.25) is 0 Å². The molecule has 0 bridgehead atoms. The Morgan fingerprint density at radius 2 is 1.78 bits per heavy atom. The highest BCUT2D eigenvalue weighted by molar-refractivity contribution is 7.91. The van der Waals surface area contributed by atoms with E-state index in [4.69, 9.17) is 0 Å². The monoisotopic (exact) mass is 270 g/mol. The van der Waals surface area contributed by atoms with Crippen molar-refractivity contribution in [1.29, 1.82) is 0 Å². The van der Waals surface area contributed by atoms with E-state index < -0.39 is 21.2 Å². The van der Waals surface area contributed by atoms with Crippen LogP contribution in [0.5, 0.6) is 0 Å². The van der Waals surface area contributed by atoms with Gasteiger partial charge in [0.2, 0.25) is 0 Å². The van der Waals surface area contributed by atoms with Crippen molar-refractivity contribution in [3.05, 3.63) is 35.4 Å². The summed E-state index contributed by atoms with van der Waals surface area (Å²) in [6, 6.07) is 7.56. The fourth-order valence-corrected chi connectivity index (χ4v) is 2.39. The zero-order valence-electron chi connectivity index (χ0n) is 11.3. The Hall–Kier alpha value is -0.870. The third-order valence-electron chi connectivity index (χ3n) is 3.26. The van der Waals surface area contributed by atoms with E-state index in [1.54, 1.807) is 0 Å². The second-order valence-electron chi connectivity index (χ2n) is 4.82. The fourth-order valence-electron chi connectivity index (χ4n) is 1.77. The SMILES string of the molecule is CCCCc1ccc(C(O)C(C)S(C)(=O)=O)cc1. The fraction of sp³-hybridized carbons (Fsp3) is 0.571. The first-order valence-electron chi connectivity index (χ1n) is 6.32. The van der Waals surface area contributed by atoms with Crippen LogP contribution in [-0.4, -0.2) is 25.0 Å². The van der Waals surface area contributed by atoms with Gasteiger partial charge in [0, 0.05) is 6.26 Å². The van der Waals surface area contributed by atoms with E-state index in [0.29, 0.717) is 5.56 Å². The number of aliphatic hydroxyl groups is 1. The molecular formula is C14H22O3S. The van der Waals surface area contributed by atoms with Crippen molar-refractivity contribution >= 4 is 9.84 Å². The molecule has 4 heteroatoms. The molecule has 0 aliphatic carbocycles. The van der Waals surface area contributed by atoms with Gasteiger partial charge in [0.05, 0.1) is 11.4 Å². The second kappa shape index (κ2) is 6.34. The summed E-state index contributed by atoms with van der Waals surface area (Å²) in [5.74, 6) is 0. The van der Waals surface area contributed by atoms with Crippen LogP contribution in [0.4, 0.5) is 0 Å². The van der Waals surface area contributed by atoms with Gasteiger partial charge in [-0.05, 0) is 30.9 Å². The first kappa shape index (κ1) is 15.2. The molecule has 102 valence electrons. The van der Waals surface area contributed by atoms with E-state index in [0.717, 1.165) is 25.5 Å². The molecule has 18 heavy (non-hydrogen) atoms. The minimum atomic E-state index is -3.22. The van der Waals surface area contributed by atoms with Crippen molar-refractivity contribution < 1.29 is 13.5 Å². The average Bonchev–Trinajstić information content (AvgIpc) is 2.34. The van der Waals surface area contributed by atoms with Crippen molar-refractivity contribution in [2.24, 2.45) is 0 Å². The van der Waals surface area contributed by atoms with Crippen LogP contribution < -0.4 is 0 Å². The molecule has 0 radical (unpaired) electrons. The van der Waals surface area contributed by atoms with Gasteiger partial charge in [-0.2, -0.15) is 0 Å². The third kappa shape index (κ3) is 4.10. The van der Waals surface area contributed by atoms with Crippen LogP contribution >= 0.6 is 0 Å². The molecular weight excluding hydrogens is 248 g/mol. The summed E-state index contributed by atoms with van der Waals surface area (Å²) in [5.41, 5.74) is 1.88. The highest BCUT2D eigenvalue weighted by Gasteiger charge is 2.25. The lowest BCUT2D eigenvalue weighted by Gasteiger charge is -2.17. The maximum Gasteiger partial charge on any atom is 0.152 e. The summed E-state index contributed by atoms with van der Waals surface area (Å²) in [6.07, 6.45) is 3.50. The molecule has 1 N–H and O–H groups in total. The summed E-state index contributed by atoms with van der Waals surface area (Å²) in [4.78, 5) is 0. The van der Waals surface area contributed by atoms with E-state index in [2.05, 4.69) is 6.92 Å². The number of hydrogen-bond acceptors (Lipinski definition) is 3. The van der Waals surface area contributed by atoms with Crippen molar-refractivity contribution in [1.82, 2.24) is 0 Å². The van der Waals surface area contributed by atoms with Gasteiger partial charge in [0.1, 0.15) is 0 Å². The lowest BCUT2D eigenvalue weighted by atomic mass is 10.0. The summed E-state index contributed by atoms with van der Waals surface area (Å²) in [5, 5.41) is 9.23. The largest absolute Gasteiger partial charge is 0.387 e. The van der Waals surface area contributed by atoms with Crippen molar-refractivity contribution in [3.8, 4) is 0 Å². The minimum absolute atomic E-state index is 0.660. The van der Waals surface area contributed by atoms with Crippen molar-refractivity contribution in [3.63, 3.8) is 0 Å². The molecule has 0 heterocycles. The van der Waals surface area contributed by atoms with Crippen LogP contribution in [-0.2, 0) is 16.3 Å². The Kier molecular flexibility index (Phi) is 5.35. The van der Waals surface area contributed by atoms with Gasteiger partial charge in [-0.1, -0.05) is 37.6 Å². The Balaban J connectivity index is 2.79. The Bertz CT molecular complexity index is 462. The molecule has 0 aliphatic heterocycles. The summed E-state index contributed by atoms with van der Waals surface area (Å²) in [7, 11) is -3.22. The number of benzene rings is 1. The maximum absolute atomic E-state index is 11.4. The first-order valence-corrected chi connectivity index (χ1v) is 8.27. The molecule has 3 nitrogen and oxygen atoms in total. The van der Waals surface area contributed by atoms with Crippen LogP contribution in [0.1, 0.15) is 43.9 Å². The van der Waals surface area contributed by atoms with E-state index >= 15 is 0 Å². The highest BCUT2D eigenvalue weighted by atomic mass is 32.2. The number of rotatable bonds is 6. The van der Waals surface area contributed by atoms with Gasteiger partial charge in [0.25, 0.3) is 0 Å². The molecule has 0 spiro atoms. The zero-order chi connectivity index (χ0) is 13.8. The second-order valence-corrected chi connectivity index (χ2v) is 7.23. The highest BCUT2D eigenvalue weighted by Crippen LogP contribution is 2.22. The molecule has 1 rings (SSSR count). The number of sulfone groups is 1. The minimum Gasteiger partial charge on any atom is -0.387 e. The normalized spacial score (nSPS) is 15.3. The number of aryl methyl sites for hydroxylation is 1. The smallest absolute Gasteiger partial charge is 0.152 e. The predicted molar refractivity (Wildman–Crippen MR) is 74.3 cm³/mol. The predicted octanol–water partition coefficient (Wildman–Crippen LogP) is 2.50.